The Kier molecular flexibility index (Phi) is 5.55. The van der Waals surface area contributed by atoms with Gasteiger partial charge in [0.05, 0.1) is 0 Å². The molecule has 0 aliphatic heterocycles. The normalized spacial score (nSPS) is 8.25. The van der Waals surface area contributed by atoms with Gasteiger partial charge in [-0.2, -0.15) is 8.42 Å². The lowest BCUT2D eigenvalue weighted by Gasteiger charge is -1.68. The molecular weight excluding hydrogens is 138 g/mol. The van der Waals surface area contributed by atoms with E-state index in [4.69, 9.17) is 28.6 Å². The molecule has 0 unspecified atom stereocenters. The summed E-state index contributed by atoms with van der Waals surface area (Å²) in [6, 6.07) is 0. The molecule has 7 nitrogen and oxygen atoms in total. The number of hydrogen-bond donors (Lipinski definition) is 3. The fourth-order valence-corrected chi connectivity index (χ4v) is 0. The zero-order valence-corrected chi connectivity index (χ0v) is 4.33. The molecule has 0 fully saturated rings. The van der Waals surface area contributed by atoms with Crippen LogP contribution in [-0.2, 0) is 10.4 Å². The monoisotopic (exact) mass is 141 g/mol. The highest BCUT2D eigenvalue weighted by molar-refractivity contribution is 7.79. The highest BCUT2D eigenvalue weighted by Gasteiger charge is 1.84. The van der Waals surface area contributed by atoms with E-state index in [-0.39, 0.29) is 0 Å². The molecule has 0 radical (unpaired) electrons. The molecule has 0 bridgehead atoms. The third kappa shape index (κ3) is 135. The highest BCUT2D eigenvalue weighted by atomic mass is 32.3. The van der Waals surface area contributed by atoms with Crippen molar-refractivity contribution >= 4 is 10.4 Å². The van der Waals surface area contributed by atoms with Crippen LogP contribution in [0, 0.1) is 5.53 Å². The maximum atomic E-state index is 8.74. The van der Waals surface area contributed by atoms with E-state index in [1.807, 2.05) is 0 Å². The second-order valence-corrected chi connectivity index (χ2v) is 1.44. The van der Waals surface area contributed by atoms with Gasteiger partial charge in [0.15, 0.2) is 0 Å². The summed E-state index contributed by atoms with van der Waals surface area (Å²) in [6.45, 7) is 0. The summed E-state index contributed by atoms with van der Waals surface area (Å²) in [5.74, 6) is 0. The van der Waals surface area contributed by atoms with Crippen LogP contribution in [0.4, 0.5) is 0 Å². The Bertz CT molecular complexity index is 152. The van der Waals surface area contributed by atoms with Crippen LogP contribution in [0.2, 0.25) is 0 Å². The van der Waals surface area contributed by atoms with Gasteiger partial charge >= 0.3 is 10.4 Å². The van der Waals surface area contributed by atoms with E-state index in [2.05, 4.69) is 0 Å². The Morgan fingerprint density at radius 3 is 1.50 bits per heavy atom. The van der Waals surface area contributed by atoms with Crippen molar-refractivity contribution in [2.75, 3.05) is 0 Å². The van der Waals surface area contributed by atoms with Crippen LogP contribution in [0.15, 0.2) is 0 Å². The van der Waals surface area contributed by atoms with Crippen molar-refractivity contribution in [2.45, 2.75) is 0 Å². The molecule has 0 aromatic carbocycles. The molecule has 0 saturated carbocycles. The first-order valence-corrected chi connectivity index (χ1v) is 2.52. The summed E-state index contributed by atoms with van der Waals surface area (Å²) < 4.78 is 31.6. The van der Waals surface area contributed by atoms with Gasteiger partial charge in [0.2, 0.25) is 0 Å². The van der Waals surface area contributed by atoms with Gasteiger partial charge in [-0.1, -0.05) is 0 Å². The molecule has 0 aromatic rings. The van der Waals surface area contributed by atoms with Crippen molar-refractivity contribution < 1.29 is 17.5 Å². The highest BCUT2D eigenvalue weighted by Crippen LogP contribution is 1.59. The van der Waals surface area contributed by atoms with E-state index in [9.17, 15) is 0 Å². The van der Waals surface area contributed by atoms with Gasteiger partial charge in [-0.25, -0.2) is 0 Å². The van der Waals surface area contributed by atoms with Crippen LogP contribution in [0.1, 0.15) is 0 Å². The molecule has 8 heavy (non-hydrogen) atoms. The lowest BCUT2D eigenvalue weighted by Crippen LogP contribution is -1.89. The van der Waals surface area contributed by atoms with Crippen molar-refractivity contribution in [2.24, 2.45) is 0 Å². The molecule has 0 atom stereocenters. The van der Waals surface area contributed by atoms with E-state index in [1.165, 1.54) is 0 Å². The Hall–Kier alpha value is -0.820. The fourth-order valence-electron chi connectivity index (χ4n) is 0. The largest absolute Gasteiger partial charge is 0.394 e. The summed E-state index contributed by atoms with van der Waals surface area (Å²) in [6.07, 6.45) is 0. The van der Waals surface area contributed by atoms with Crippen LogP contribution >= 0.6 is 0 Å². The Balaban J connectivity index is 0. The standard InChI is InChI=1S/HN3.H2O4S/c1-3-2;1-5(2,3)4/h1H;(H2,1,2,3,4). The van der Waals surface area contributed by atoms with Crippen molar-refractivity contribution in [3.8, 4) is 0 Å². The van der Waals surface area contributed by atoms with Gasteiger partial charge in [-0.05, 0) is 10.4 Å². The average molecular weight is 141 g/mol. The summed E-state index contributed by atoms with van der Waals surface area (Å²) >= 11 is 0. The van der Waals surface area contributed by atoms with Gasteiger partial charge in [0, 0.05) is 0 Å². The summed E-state index contributed by atoms with van der Waals surface area (Å²) in [7, 11) is -4.67. The summed E-state index contributed by atoms with van der Waals surface area (Å²) in [4.78, 5) is 1.75. The first-order valence-electron chi connectivity index (χ1n) is 1.12. The van der Waals surface area contributed by atoms with E-state index < -0.39 is 10.4 Å². The van der Waals surface area contributed by atoms with Crippen LogP contribution in [-0.4, -0.2) is 17.5 Å². The molecule has 0 heterocycles. The minimum atomic E-state index is -4.67. The second-order valence-electron chi connectivity index (χ2n) is 0.548. The van der Waals surface area contributed by atoms with E-state index >= 15 is 0 Å². The number of nitrogens with one attached hydrogen (secondary N) is 1. The molecule has 0 aliphatic carbocycles. The molecule has 3 N–H and O–H groups in total. The molecule has 0 aliphatic rings. The minimum absolute atomic E-state index is 1.75. The molecule has 0 aromatic heterocycles. The summed E-state index contributed by atoms with van der Waals surface area (Å²) in [5, 5.41) is 0. The van der Waals surface area contributed by atoms with Crippen LogP contribution in [0.5, 0.6) is 0 Å². The van der Waals surface area contributed by atoms with Crippen molar-refractivity contribution in [1.82, 2.24) is 0 Å². The molecule has 0 amide bonds. The van der Waals surface area contributed by atoms with Gasteiger partial charge < -0.3 is 0 Å². The van der Waals surface area contributed by atoms with Crippen molar-refractivity contribution in [3.63, 3.8) is 0 Å². The third-order valence-corrected chi connectivity index (χ3v) is 0. The van der Waals surface area contributed by atoms with Gasteiger partial charge in [-0.3, -0.25) is 9.11 Å². The predicted octanol–water partition coefficient (Wildman–Crippen LogP) is 0.223. The molecule has 8 heteroatoms. The zero-order chi connectivity index (χ0) is 7.21. The zero-order valence-electron chi connectivity index (χ0n) is 3.51. The quantitative estimate of drug-likeness (QED) is 0.192. The SMILES string of the molecule is O=S(=O)(O)O.[N-]=[N+]=N. The fraction of sp³-hybridized carbons (Fsp3) is 0. The van der Waals surface area contributed by atoms with Crippen molar-refractivity contribution in [1.29, 1.82) is 5.53 Å². The van der Waals surface area contributed by atoms with Gasteiger partial charge in [0.1, 0.15) is 0 Å². The lowest BCUT2D eigenvalue weighted by molar-refractivity contribution is 0.381. The Morgan fingerprint density at radius 1 is 1.50 bits per heavy atom. The number of hydrogen-bond acceptors (Lipinski definition) is 3. The van der Waals surface area contributed by atoms with Crippen LogP contribution in [0.25, 0.3) is 10.4 Å². The maximum Gasteiger partial charge on any atom is 0.394 e. The Labute approximate surface area is 44.9 Å². The maximum absolute atomic E-state index is 8.74. The van der Waals surface area contributed by atoms with Crippen molar-refractivity contribution in [3.05, 3.63) is 10.4 Å². The molecular formula is H3N3O4S. The third-order valence-electron chi connectivity index (χ3n) is 0. The smallest absolute Gasteiger partial charge is 0.264 e. The molecule has 0 rings (SSSR count). The van der Waals surface area contributed by atoms with E-state index in [1.54, 1.807) is 4.91 Å². The first-order chi connectivity index (χ1) is 3.41. The van der Waals surface area contributed by atoms with Crippen LogP contribution < -0.4 is 0 Å². The number of rotatable bonds is 0. The Morgan fingerprint density at radius 2 is 1.50 bits per heavy atom. The topological polar surface area (TPSA) is 135 Å². The predicted molar refractivity (Wildman–Crippen MR) is 23.6 cm³/mol. The second kappa shape index (κ2) is 4.34. The average Bonchev–Trinajstić information content (AvgIpc) is 1.27. The molecule has 48 valence electrons. The summed E-state index contributed by atoms with van der Waals surface area (Å²) in [5.41, 5.74) is 12.2. The van der Waals surface area contributed by atoms with Crippen LogP contribution in [0.3, 0.4) is 0 Å². The van der Waals surface area contributed by atoms with Gasteiger partial charge in [0.25, 0.3) is 0 Å². The first kappa shape index (κ1) is 10.2. The molecule has 0 spiro atoms. The van der Waals surface area contributed by atoms with E-state index in [0.717, 1.165) is 0 Å². The minimum Gasteiger partial charge on any atom is -0.264 e. The molecule has 0 saturated heterocycles. The number of nitrogens with zero attached hydrogens (tertiary/aromatic N) is 2. The van der Waals surface area contributed by atoms with E-state index in [0.29, 0.717) is 0 Å². The lowest BCUT2D eigenvalue weighted by atomic mass is 13.0. The van der Waals surface area contributed by atoms with Gasteiger partial charge in [-0.15, -0.1) is 5.53 Å².